The average Bonchev–Trinajstić information content (AvgIpc) is 2.42. The van der Waals surface area contributed by atoms with Crippen molar-refractivity contribution >= 4 is 0 Å². The summed E-state index contributed by atoms with van der Waals surface area (Å²) in [7, 11) is 0. The highest BCUT2D eigenvalue weighted by Gasteiger charge is 2.20. The van der Waals surface area contributed by atoms with Gasteiger partial charge in [0, 0.05) is 5.92 Å². The molecule has 2 rings (SSSR count). The van der Waals surface area contributed by atoms with E-state index in [0.29, 0.717) is 6.42 Å². The van der Waals surface area contributed by atoms with E-state index in [-0.39, 0.29) is 12.5 Å². The molecule has 0 heterocycles. The van der Waals surface area contributed by atoms with Crippen LogP contribution in [-0.2, 0) is 6.42 Å². The van der Waals surface area contributed by atoms with Gasteiger partial charge in [-0.25, -0.2) is 0 Å². The minimum absolute atomic E-state index is 0.0436. The zero-order chi connectivity index (χ0) is 12.8. The molecular formula is C16H18O2. The molecule has 0 radical (unpaired) electrons. The Morgan fingerprint density at radius 1 is 0.833 bits per heavy atom. The lowest BCUT2D eigenvalue weighted by molar-refractivity contribution is 0.106. The van der Waals surface area contributed by atoms with Crippen molar-refractivity contribution < 1.29 is 10.2 Å². The van der Waals surface area contributed by atoms with E-state index < -0.39 is 6.10 Å². The molecule has 0 amide bonds. The van der Waals surface area contributed by atoms with E-state index in [1.54, 1.807) is 0 Å². The molecule has 0 unspecified atom stereocenters. The number of hydrogen-bond acceptors (Lipinski definition) is 2. The van der Waals surface area contributed by atoms with Gasteiger partial charge < -0.3 is 10.2 Å². The molecular weight excluding hydrogens is 224 g/mol. The fourth-order valence-corrected chi connectivity index (χ4v) is 2.15. The van der Waals surface area contributed by atoms with Crippen molar-refractivity contribution in [3.63, 3.8) is 0 Å². The molecule has 2 nitrogen and oxygen atoms in total. The third-order valence-electron chi connectivity index (χ3n) is 3.18. The van der Waals surface area contributed by atoms with E-state index in [9.17, 15) is 10.2 Å². The monoisotopic (exact) mass is 242 g/mol. The standard InChI is InChI=1S/C16H18O2/c17-12-15(14-9-5-2-6-10-14)16(18)11-13-7-3-1-4-8-13/h1-10,15-18H,11-12H2/t15-,16+/m0/s1. The molecule has 0 bridgehead atoms. The quantitative estimate of drug-likeness (QED) is 0.845. The first-order valence-electron chi connectivity index (χ1n) is 6.19. The normalized spacial score (nSPS) is 14.1. The van der Waals surface area contributed by atoms with Crippen molar-refractivity contribution in [1.82, 2.24) is 0 Å². The first-order valence-corrected chi connectivity index (χ1v) is 6.19. The Balaban J connectivity index is 2.09. The number of benzene rings is 2. The van der Waals surface area contributed by atoms with Crippen LogP contribution in [0.3, 0.4) is 0 Å². The van der Waals surface area contributed by atoms with Gasteiger partial charge in [-0.1, -0.05) is 60.7 Å². The average molecular weight is 242 g/mol. The van der Waals surface area contributed by atoms with Crippen molar-refractivity contribution in [1.29, 1.82) is 0 Å². The highest BCUT2D eigenvalue weighted by atomic mass is 16.3. The molecule has 0 saturated heterocycles. The summed E-state index contributed by atoms with van der Waals surface area (Å²) >= 11 is 0. The van der Waals surface area contributed by atoms with Gasteiger partial charge in [0.1, 0.15) is 0 Å². The Morgan fingerprint density at radius 3 is 1.94 bits per heavy atom. The summed E-state index contributed by atoms with van der Waals surface area (Å²) in [6.45, 7) is -0.0436. The summed E-state index contributed by atoms with van der Waals surface area (Å²) in [5, 5.41) is 19.7. The molecule has 0 fully saturated rings. The van der Waals surface area contributed by atoms with Gasteiger partial charge in [-0.15, -0.1) is 0 Å². The van der Waals surface area contributed by atoms with Gasteiger partial charge in [0.25, 0.3) is 0 Å². The van der Waals surface area contributed by atoms with Crippen molar-refractivity contribution in [3.05, 3.63) is 71.8 Å². The van der Waals surface area contributed by atoms with Crippen LogP contribution in [0.2, 0.25) is 0 Å². The van der Waals surface area contributed by atoms with E-state index in [1.807, 2.05) is 60.7 Å². The summed E-state index contributed by atoms with van der Waals surface area (Å²) in [6, 6.07) is 19.5. The van der Waals surface area contributed by atoms with Crippen LogP contribution in [0.25, 0.3) is 0 Å². The second kappa shape index (κ2) is 6.34. The molecule has 0 aliphatic heterocycles. The van der Waals surface area contributed by atoms with Crippen LogP contribution < -0.4 is 0 Å². The molecule has 0 aliphatic carbocycles. The molecule has 2 N–H and O–H groups in total. The van der Waals surface area contributed by atoms with Gasteiger partial charge in [-0.2, -0.15) is 0 Å². The van der Waals surface area contributed by atoms with E-state index in [1.165, 1.54) is 0 Å². The van der Waals surface area contributed by atoms with Crippen LogP contribution in [0.4, 0.5) is 0 Å². The highest BCUT2D eigenvalue weighted by Crippen LogP contribution is 2.21. The zero-order valence-electron chi connectivity index (χ0n) is 10.2. The van der Waals surface area contributed by atoms with Crippen molar-refractivity contribution in [2.24, 2.45) is 0 Å². The largest absolute Gasteiger partial charge is 0.396 e. The molecule has 0 aromatic heterocycles. The SMILES string of the molecule is OC[C@@H](c1ccccc1)[C@H](O)Cc1ccccc1. The van der Waals surface area contributed by atoms with Gasteiger partial charge in [-0.05, 0) is 17.5 Å². The Bertz CT molecular complexity index is 453. The lowest BCUT2D eigenvalue weighted by Crippen LogP contribution is -2.24. The Kier molecular flexibility index (Phi) is 4.51. The number of hydrogen-bond donors (Lipinski definition) is 2. The Hall–Kier alpha value is -1.64. The van der Waals surface area contributed by atoms with Crippen molar-refractivity contribution in [2.45, 2.75) is 18.4 Å². The molecule has 0 saturated carbocycles. The van der Waals surface area contributed by atoms with Crippen molar-refractivity contribution in [3.8, 4) is 0 Å². The van der Waals surface area contributed by atoms with E-state index in [0.717, 1.165) is 11.1 Å². The second-order valence-corrected chi connectivity index (χ2v) is 4.46. The summed E-state index contributed by atoms with van der Waals surface area (Å²) < 4.78 is 0. The lowest BCUT2D eigenvalue weighted by atomic mass is 9.90. The molecule has 2 aromatic rings. The van der Waals surface area contributed by atoms with Crippen LogP contribution in [-0.4, -0.2) is 22.9 Å². The van der Waals surface area contributed by atoms with Crippen LogP contribution in [0.1, 0.15) is 17.0 Å². The van der Waals surface area contributed by atoms with Gasteiger partial charge in [0.2, 0.25) is 0 Å². The van der Waals surface area contributed by atoms with Gasteiger partial charge in [0.05, 0.1) is 12.7 Å². The lowest BCUT2D eigenvalue weighted by Gasteiger charge is -2.21. The summed E-state index contributed by atoms with van der Waals surface area (Å²) in [4.78, 5) is 0. The number of aliphatic hydroxyl groups is 2. The van der Waals surface area contributed by atoms with Crippen LogP contribution in [0.15, 0.2) is 60.7 Å². The fraction of sp³-hybridized carbons (Fsp3) is 0.250. The maximum Gasteiger partial charge on any atom is 0.0671 e. The van der Waals surface area contributed by atoms with Crippen molar-refractivity contribution in [2.75, 3.05) is 6.61 Å². The first-order chi connectivity index (χ1) is 8.81. The third kappa shape index (κ3) is 3.19. The van der Waals surface area contributed by atoms with E-state index in [4.69, 9.17) is 0 Å². The maximum absolute atomic E-state index is 10.3. The second-order valence-electron chi connectivity index (χ2n) is 4.46. The summed E-state index contributed by atoms with van der Waals surface area (Å²) in [5.74, 6) is -0.230. The van der Waals surface area contributed by atoms with E-state index >= 15 is 0 Å². The Labute approximate surface area is 108 Å². The minimum Gasteiger partial charge on any atom is -0.396 e. The Morgan fingerprint density at radius 2 is 1.39 bits per heavy atom. The molecule has 2 heteroatoms. The van der Waals surface area contributed by atoms with Gasteiger partial charge >= 0.3 is 0 Å². The zero-order valence-corrected chi connectivity index (χ0v) is 10.2. The molecule has 0 aliphatic rings. The van der Waals surface area contributed by atoms with Gasteiger partial charge in [-0.3, -0.25) is 0 Å². The molecule has 94 valence electrons. The first kappa shape index (κ1) is 12.8. The highest BCUT2D eigenvalue weighted by molar-refractivity contribution is 5.23. The van der Waals surface area contributed by atoms with Crippen LogP contribution in [0, 0.1) is 0 Å². The number of rotatable bonds is 5. The molecule has 2 aromatic carbocycles. The predicted molar refractivity (Wildman–Crippen MR) is 72.4 cm³/mol. The third-order valence-corrected chi connectivity index (χ3v) is 3.18. The summed E-state index contributed by atoms with van der Waals surface area (Å²) in [5.41, 5.74) is 2.06. The summed E-state index contributed by atoms with van der Waals surface area (Å²) in [6.07, 6.45) is -0.0131. The minimum atomic E-state index is -0.570. The number of aliphatic hydroxyl groups excluding tert-OH is 2. The van der Waals surface area contributed by atoms with Crippen LogP contribution >= 0.6 is 0 Å². The predicted octanol–water partition coefficient (Wildman–Crippen LogP) is 2.37. The molecule has 2 atom stereocenters. The van der Waals surface area contributed by atoms with Gasteiger partial charge in [0.15, 0.2) is 0 Å². The van der Waals surface area contributed by atoms with E-state index in [2.05, 4.69) is 0 Å². The fourth-order valence-electron chi connectivity index (χ4n) is 2.15. The van der Waals surface area contributed by atoms with Crippen LogP contribution in [0.5, 0.6) is 0 Å². The topological polar surface area (TPSA) is 40.5 Å². The molecule has 18 heavy (non-hydrogen) atoms. The molecule has 0 spiro atoms. The smallest absolute Gasteiger partial charge is 0.0671 e. The maximum atomic E-state index is 10.3.